The highest BCUT2D eigenvalue weighted by molar-refractivity contribution is 7.89. The molecule has 0 fully saturated rings. The van der Waals surface area contributed by atoms with Crippen molar-refractivity contribution in [2.45, 2.75) is 50.0 Å². The SMILES string of the molecule is CCCCC(=O)NC1Cc2ccc(S(N)(=O)=O)cc2C1. The largest absolute Gasteiger partial charge is 0.353 e. The maximum absolute atomic E-state index is 11.7. The van der Waals surface area contributed by atoms with Crippen molar-refractivity contribution in [2.75, 3.05) is 0 Å². The van der Waals surface area contributed by atoms with E-state index in [9.17, 15) is 13.2 Å². The standard InChI is InChI=1S/C14H20N2O3S/c1-2-3-4-14(17)16-12-7-10-5-6-13(20(15,18)19)9-11(10)8-12/h5-6,9,12H,2-4,7-8H2,1H3,(H,16,17)(H2,15,18,19). The van der Waals surface area contributed by atoms with E-state index in [1.807, 2.05) is 6.92 Å². The van der Waals surface area contributed by atoms with Gasteiger partial charge in [-0.15, -0.1) is 0 Å². The van der Waals surface area contributed by atoms with Crippen LogP contribution in [0.15, 0.2) is 23.1 Å². The number of rotatable bonds is 5. The van der Waals surface area contributed by atoms with Gasteiger partial charge in [0.05, 0.1) is 4.90 Å². The van der Waals surface area contributed by atoms with E-state index in [4.69, 9.17) is 5.14 Å². The average Bonchev–Trinajstić information content (AvgIpc) is 2.76. The van der Waals surface area contributed by atoms with Crippen LogP contribution in [0.25, 0.3) is 0 Å². The number of sulfonamides is 1. The van der Waals surface area contributed by atoms with Gasteiger partial charge >= 0.3 is 0 Å². The highest BCUT2D eigenvalue weighted by Gasteiger charge is 2.24. The minimum atomic E-state index is -3.66. The van der Waals surface area contributed by atoms with E-state index in [2.05, 4.69) is 5.32 Å². The molecule has 1 aliphatic rings. The normalized spacial score (nSPS) is 17.8. The van der Waals surface area contributed by atoms with Crippen LogP contribution in [-0.4, -0.2) is 20.4 Å². The van der Waals surface area contributed by atoms with Gasteiger partial charge in [-0.05, 0) is 42.5 Å². The lowest BCUT2D eigenvalue weighted by Gasteiger charge is -2.11. The number of fused-ring (bicyclic) bond motifs is 1. The fourth-order valence-corrected chi connectivity index (χ4v) is 3.07. The molecule has 20 heavy (non-hydrogen) atoms. The maximum atomic E-state index is 11.7. The molecule has 0 heterocycles. The van der Waals surface area contributed by atoms with Crippen LogP contribution >= 0.6 is 0 Å². The van der Waals surface area contributed by atoms with Crippen LogP contribution in [0.4, 0.5) is 0 Å². The molecule has 0 spiro atoms. The second kappa shape index (κ2) is 5.93. The van der Waals surface area contributed by atoms with Gasteiger partial charge in [0.2, 0.25) is 15.9 Å². The summed E-state index contributed by atoms with van der Waals surface area (Å²) in [6.45, 7) is 2.05. The van der Waals surface area contributed by atoms with Gasteiger partial charge in [-0.25, -0.2) is 13.6 Å². The Hall–Kier alpha value is -1.40. The fourth-order valence-electron chi connectivity index (χ4n) is 2.51. The Morgan fingerprint density at radius 3 is 2.70 bits per heavy atom. The van der Waals surface area contributed by atoms with E-state index in [0.29, 0.717) is 12.8 Å². The number of hydrogen-bond donors (Lipinski definition) is 2. The molecule has 1 amide bonds. The van der Waals surface area contributed by atoms with Crippen LogP contribution < -0.4 is 10.5 Å². The highest BCUT2D eigenvalue weighted by Crippen LogP contribution is 2.24. The van der Waals surface area contributed by atoms with Gasteiger partial charge in [0.25, 0.3) is 0 Å². The molecular weight excluding hydrogens is 276 g/mol. The molecule has 1 aromatic rings. The van der Waals surface area contributed by atoms with Gasteiger partial charge in [-0.2, -0.15) is 0 Å². The first-order valence-electron chi connectivity index (χ1n) is 6.84. The van der Waals surface area contributed by atoms with Gasteiger partial charge in [0.15, 0.2) is 0 Å². The lowest BCUT2D eigenvalue weighted by atomic mass is 10.1. The van der Waals surface area contributed by atoms with Crippen molar-refractivity contribution in [3.05, 3.63) is 29.3 Å². The molecule has 1 atom stereocenters. The fraction of sp³-hybridized carbons (Fsp3) is 0.500. The first-order valence-corrected chi connectivity index (χ1v) is 8.38. The Morgan fingerprint density at radius 2 is 2.05 bits per heavy atom. The minimum Gasteiger partial charge on any atom is -0.353 e. The van der Waals surface area contributed by atoms with Gasteiger partial charge < -0.3 is 5.32 Å². The summed E-state index contributed by atoms with van der Waals surface area (Å²) < 4.78 is 22.6. The quantitative estimate of drug-likeness (QED) is 0.853. The summed E-state index contributed by atoms with van der Waals surface area (Å²) in [5.41, 5.74) is 2.04. The zero-order chi connectivity index (χ0) is 14.8. The summed E-state index contributed by atoms with van der Waals surface area (Å²) in [5, 5.41) is 8.12. The molecular formula is C14H20N2O3S. The molecule has 6 heteroatoms. The van der Waals surface area contributed by atoms with Crippen molar-refractivity contribution in [1.82, 2.24) is 5.32 Å². The molecule has 1 aliphatic carbocycles. The van der Waals surface area contributed by atoms with E-state index >= 15 is 0 Å². The van der Waals surface area contributed by atoms with Gasteiger partial charge in [0, 0.05) is 12.5 Å². The topological polar surface area (TPSA) is 89.3 Å². The van der Waals surface area contributed by atoms with Crippen LogP contribution in [0.3, 0.4) is 0 Å². The van der Waals surface area contributed by atoms with Crippen LogP contribution in [-0.2, 0) is 27.7 Å². The summed E-state index contributed by atoms with van der Waals surface area (Å²) in [6, 6.07) is 4.98. The third-order valence-corrected chi connectivity index (χ3v) is 4.47. The number of benzene rings is 1. The van der Waals surface area contributed by atoms with Crippen molar-refractivity contribution in [2.24, 2.45) is 5.14 Å². The Labute approximate surface area is 119 Å². The molecule has 1 unspecified atom stereocenters. The number of carbonyl (C=O) groups is 1. The first-order chi connectivity index (χ1) is 9.40. The summed E-state index contributed by atoms with van der Waals surface area (Å²) in [5.74, 6) is 0.0660. The van der Waals surface area contributed by atoms with Crippen LogP contribution in [0.5, 0.6) is 0 Å². The number of unbranched alkanes of at least 4 members (excludes halogenated alkanes) is 1. The summed E-state index contributed by atoms with van der Waals surface area (Å²) >= 11 is 0. The lowest BCUT2D eigenvalue weighted by molar-refractivity contribution is -0.121. The zero-order valence-corrected chi connectivity index (χ0v) is 12.4. The molecule has 1 aromatic carbocycles. The molecule has 0 saturated heterocycles. The minimum absolute atomic E-state index is 0.0603. The predicted molar refractivity (Wildman–Crippen MR) is 76.7 cm³/mol. The summed E-state index contributed by atoms with van der Waals surface area (Å²) in [4.78, 5) is 11.8. The Morgan fingerprint density at radius 1 is 1.35 bits per heavy atom. The molecule has 0 radical (unpaired) electrons. The van der Waals surface area contributed by atoms with E-state index < -0.39 is 10.0 Å². The number of primary sulfonamides is 1. The van der Waals surface area contributed by atoms with E-state index in [0.717, 1.165) is 30.4 Å². The van der Waals surface area contributed by atoms with Crippen molar-refractivity contribution in [3.8, 4) is 0 Å². The Kier molecular flexibility index (Phi) is 4.45. The molecule has 0 saturated carbocycles. The lowest BCUT2D eigenvalue weighted by Crippen LogP contribution is -2.35. The molecule has 5 nitrogen and oxygen atoms in total. The van der Waals surface area contributed by atoms with E-state index in [1.54, 1.807) is 12.1 Å². The van der Waals surface area contributed by atoms with Crippen molar-refractivity contribution in [3.63, 3.8) is 0 Å². The molecule has 110 valence electrons. The number of hydrogen-bond acceptors (Lipinski definition) is 3. The first kappa shape index (κ1) is 15.0. The Balaban J connectivity index is 2.03. The van der Waals surface area contributed by atoms with E-state index in [1.165, 1.54) is 6.07 Å². The van der Waals surface area contributed by atoms with Crippen molar-refractivity contribution in [1.29, 1.82) is 0 Å². The van der Waals surface area contributed by atoms with Crippen LogP contribution in [0, 0.1) is 0 Å². The predicted octanol–water partition coefficient (Wildman–Crippen LogP) is 1.11. The molecule has 0 bridgehead atoms. The highest BCUT2D eigenvalue weighted by atomic mass is 32.2. The maximum Gasteiger partial charge on any atom is 0.238 e. The molecule has 3 N–H and O–H groups in total. The third kappa shape index (κ3) is 3.58. The number of carbonyl (C=O) groups excluding carboxylic acids is 1. The summed E-state index contributed by atoms with van der Waals surface area (Å²) in [6.07, 6.45) is 3.84. The van der Waals surface area contributed by atoms with Crippen LogP contribution in [0.1, 0.15) is 37.3 Å². The monoisotopic (exact) mass is 296 g/mol. The zero-order valence-electron chi connectivity index (χ0n) is 11.6. The summed E-state index contributed by atoms with van der Waals surface area (Å²) in [7, 11) is -3.66. The van der Waals surface area contributed by atoms with Crippen LogP contribution in [0.2, 0.25) is 0 Å². The van der Waals surface area contributed by atoms with Gasteiger partial charge in [0.1, 0.15) is 0 Å². The molecule has 2 rings (SSSR count). The second-order valence-electron chi connectivity index (χ2n) is 5.25. The van der Waals surface area contributed by atoms with E-state index in [-0.39, 0.29) is 16.8 Å². The molecule has 0 aliphatic heterocycles. The Bertz CT molecular complexity index is 611. The number of amides is 1. The van der Waals surface area contributed by atoms with Crippen molar-refractivity contribution >= 4 is 15.9 Å². The number of nitrogens with one attached hydrogen (secondary N) is 1. The number of nitrogens with two attached hydrogens (primary N) is 1. The second-order valence-corrected chi connectivity index (χ2v) is 6.81. The smallest absolute Gasteiger partial charge is 0.238 e. The molecule has 0 aromatic heterocycles. The third-order valence-electron chi connectivity index (χ3n) is 3.56. The van der Waals surface area contributed by atoms with Crippen molar-refractivity contribution < 1.29 is 13.2 Å². The van der Waals surface area contributed by atoms with Gasteiger partial charge in [-0.1, -0.05) is 19.4 Å². The van der Waals surface area contributed by atoms with Gasteiger partial charge in [-0.3, -0.25) is 4.79 Å². The average molecular weight is 296 g/mol.